The summed E-state index contributed by atoms with van der Waals surface area (Å²) in [4.78, 5) is 25.5. The van der Waals surface area contributed by atoms with Crippen LogP contribution in [0.5, 0.6) is 0 Å². The summed E-state index contributed by atoms with van der Waals surface area (Å²) in [7, 11) is 0. The van der Waals surface area contributed by atoms with Crippen molar-refractivity contribution in [2.75, 3.05) is 6.54 Å². The number of nitrogens with zero attached hydrogens (tertiary/aromatic N) is 3. The molecule has 144 valence electrons. The first-order valence-electron chi connectivity index (χ1n) is 8.92. The van der Waals surface area contributed by atoms with Crippen molar-refractivity contribution < 1.29 is 23.5 Å². The number of likely N-dealkylation sites (tertiary alicyclic amines) is 1. The Labute approximate surface area is 155 Å². The van der Waals surface area contributed by atoms with Gasteiger partial charge < -0.3 is 10.0 Å². The van der Waals surface area contributed by atoms with Gasteiger partial charge in [-0.15, -0.1) is 0 Å². The Bertz CT molecular complexity index is 846. The number of hydrogen-bond acceptors (Lipinski definition) is 3. The average Bonchev–Trinajstić information content (AvgIpc) is 3.00. The van der Waals surface area contributed by atoms with Crippen LogP contribution in [0.4, 0.5) is 8.78 Å². The molecule has 1 aliphatic heterocycles. The van der Waals surface area contributed by atoms with Crippen molar-refractivity contribution in [3.63, 3.8) is 0 Å². The van der Waals surface area contributed by atoms with Crippen LogP contribution >= 0.6 is 0 Å². The van der Waals surface area contributed by atoms with Crippen LogP contribution in [0, 0.1) is 18.6 Å². The molecule has 6 nitrogen and oxygen atoms in total. The van der Waals surface area contributed by atoms with Crippen LogP contribution in [0.15, 0.2) is 24.4 Å². The number of carboxylic acids is 1. The number of piperidine rings is 1. The summed E-state index contributed by atoms with van der Waals surface area (Å²) in [6.07, 6.45) is 4.29. The molecule has 1 amide bonds. The summed E-state index contributed by atoms with van der Waals surface area (Å²) in [5.41, 5.74) is 0.297. The highest BCUT2D eigenvalue weighted by molar-refractivity contribution is 5.94. The first-order valence-corrected chi connectivity index (χ1v) is 8.92. The van der Waals surface area contributed by atoms with Gasteiger partial charge in [0.15, 0.2) is 17.3 Å². The first-order chi connectivity index (χ1) is 12.9. The lowest BCUT2D eigenvalue weighted by atomic mass is 9.97. The number of para-hydroxylation sites is 1. The van der Waals surface area contributed by atoms with E-state index in [4.69, 9.17) is 5.11 Å². The minimum Gasteiger partial charge on any atom is -0.481 e. The van der Waals surface area contributed by atoms with Crippen molar-refractivity contribution in [3.05, 3.63) is 47.3 Å². The Morgan fingerprint density at radius 2 is 1.96 bits per heavy atom. The van der Waals surface area contributed by atoms with Crippen molar-refractivity contribution in [3.8, 4) is 5.69 Å². The van der Waals surface area contributed by atoms with Crippen molar-refractivity contribution >= 4 is 11.9 Å². The predicted molar refractivity (Wildman–Crippen MR) is 93.8 cm³/mol. The lowest BCUT2D eigenvalue weighted by Gasteiger charge is -2.35. The molecule has 0 radical (unpaired) electrons. The fourth-order valence-corrected chi connectivity index (χ4v) is 3.49. The van der Waals surface area contributed by atoms with Gasteiger partial charge in [0.1, 0.15) is 5.69 Å². The lowest BCUT2D eigenvalue weighted by Crippen LogP contribution is -2.44. The number of hydrogen-bond donors (Lipinski definition) is 1. The number of aryl methyl sites for hydroxylation is 1. The van der Waals surface area contributed by atoms with Gasteiger partial charge in [-0.3, -0.25) is 9.59 Å². The molecule has 1 aromatic carbocycles. The van der Waals surface area contributed by atoms with E-state index in [2.05, 4.69) is 5.10 Å². The molecule has 1 unspecified atom stereocenters. The second-order valence-corrected chi connectivity index (χ2v) is 6.76. The molecular formula is C19H21F2N3O3. The number of rotatable bonds is 5. The highest BCUT2D eigenvalue weighted by atomic mass is 19.1. The zero-order valence-electron chi connectivity index (χ0n) is 15.0. The van der Waals surface area contributed by atoms with E-state index in [1.165, 1.54) is 12.3 Å². The van der Waals surface area contributed by atoms with E-state index in [1.54, 1.807) is 11.8 Å². The maximum atomic E-state index is 14.0. The zero-order valence-corrected chi connectivity index (χ0v) is 15.0. The molecule has 1 saturated heterocycles. The number of aromatic nitrogens is 2. The topological polar surface area (TPSA) is 75.4 Å². The SMILES string of the molecule is Cc1cn(-c2c(F)cccc2F)nc1C(=O)N1CCCCC1CCC(=O)O. The van der Waals surface area contributed by atoms with E-state index in [-0.39, 0.29) is 29.8 Å². The molecule has 2 heterocycles. The van der Waals surface area contributed by atoms with Gasteiger partial charge in [-0.25, -0.2) is 13.5 Å². The molecule has 0 aliphatic carbocycles. The molecule has 1 N–H and O–H groups in total. The van der Waals surface area contributed by atoms with Crippen LogP contribution < -0.4 is 0 Å². The monoisotopic (exact) mass is 377 g/mol. The number of carbonyl (C=O) groups excluding carboxylic acids is 1. The quantitative estimate of drug-likeness (QED) is 0.867. The third-order valence-electron chi connectivity index (χ3n) is 4.85. The Kier molecular flexibility index (Phi) is 5.53. The maximum absolute atomic E-state index is 14.0. The maximum Gasteiger partial charge on any atom is 0.303 e. The Balaban J connectivity index is 1.88. The molecule has 0 saturated carbocycles. The highest BCUT2D eigenvalue weighted by Crippen LogP contribution is 2.25. The van der Waals surface area contributed by atoms with Gasteiger partial charge in [0.05, 0.1) is 0 Å². The summed E-state index contributed by atoms with van der Waals surface area (Å²) >= 11 is 0. The fourth-order valence-electron chi connectivity index (χ4n) is 3.49. The van der Waals surface area contributed by atoms with Gasteiger partial charge in [0, 0.05) is 30.8 Å². The number of carboxylic acid groups (broad SMARTS) is 1. The number of carbonyl (C=O) groups is 2. The molecular weight excluding hydrogens is 356 g/mol. The summed E-state index contributed by atoms with van der Waals surface area (Å²) in [5, 5.41) is 13.1. The molecule has 8 heteroatoms. The second-order valence-electron chi connectivity index (χ2n) is 6.76. The van der Waals surface area contributed by atoms with Crippen molar-refractivity contribution in [1.82, 2.24) is 14.7 Å². The van der Waals surface area contributed by atoms with Crippen molar-refractivity contribution in [2.45, 2.75) is 45.1 Å². The van der Waals surface area contributed by atoms with Gasteiger partial charge in [-0.1, -0.05) is 6.07 Å². The molecule has 2 aromatic rings. The predicted octanol–water partition coefficient (Wildman–Crippen LogP) is 3.32. The number of benzene rings is 1. The molecule has 27 heavy (non-hydrogen) atoms. The first kappa shape index (κ1) is 19.0. The average molecular weight is 377 g/mol. The number of amides is 1. The third kappa shape index (κ3) is 3.99. The van der Waals surface area contributed by atoms with Gasteiger partial charge in [-0.2, -0.15) is 5.10 Å². The van der Waals surface area contributed by atoms with Crippen LogP contribution in [-0.2, 0) is 4.79 Å². The number of halogens is 2. The van der Waals surface area contributed by atoms with Crippen LogP contribution in [0.25, 0.3) is 5.69 Å². The summed E-state index contributed by atoms with van der Waals surface area (Å²) in [5.74, 6) is -2.77. The van der Waals surface area contributed by atoms with Crippen molar-refractivity contribution in [1.29, 1.82) is 0 Å². The third-order valence-corrected chi connectivity index (χ3v) is 4.85. The van der Waals surface area contributed by atoms with E-state index in [9.17, 15) is 18.4 Å². The standard InChI is InChI=1S/C19H21F2N3O3/c1-12-11-24(18-14(20)6-4-7-15(18)21)22-17(12)19(27)23-10-3-2-5-13(23)8-9-16(25)26/h4,6-7,11,13H,2-3,5,8-10H2,1H3,(H,25,26). The van der Waals surface area contributed by atoms with Crippen LogP contribution in [0.3, 0.4) is 0 Å². The van der Waals surface area contributed by atoms with E-state index in [1.807, 2.05) is 0 Å². The minimum atomic E-state index is -0.900. The molecule has 1 aliphatic rings. The molecule has 1 fully saturated rings. The van der Waals surface area contributed by atoms with Crippen LogP contribution in [-0.4, -0.2) is 44.3 Å². The fraction of sp³-hybridized carbons (Fsp3) is 0.421. The van der Waals surface area contributed by atoms with Crippen LogP contribution in [0.1, 0.15) is 48.2 Å². The highest BCUT2D eigenvalue weighted by Gasteiger charge is 2.30. The smallest absolute Gasteiger partial charge is 0.303 e. The normalized spacial score (nSPS) is 17.1. The lowest BCUT2D eigenvalue weighted by molar-refractivity contribution is -0.137. The van der Waals surface area contributed by atoms with E-state index in [0.717, 1.165) is 36.1 Å². The Morgan fingerprint density at radius 1 is 1.26 bits per heavy atom. The largest absolute Gasteiger partial charge is 0.481 e. The molecule has 0 bridgehead atoms. The molecule has 1 aromatic heterocycles. The van der Waals surface area contributed by atoms with Gasteiger partial charge >= 0.3 is 5.97 Å². The zero-order chi connectivity index (χ0) is 19.6. The summed E-state index contributed by atoms with van der Waals surface area (Å²) in [6.45, 7) is 2.18. The molecule has 3 rings (SSSR count). The van der Waals surface area contributed by atoms with Gasteiger partial charge in [-0.05, 0) is 44.7 Å². The molecule has 0 spiro atoms. The summed E-state index contributed by atoms with van der Waals surface area (Å²) in [6, 6.07) is 3.35. The Morgan fingerprint density at radius 3 is 2.63 bits per heavy atom. The number of aliphatic carboxylic acids is 1. The molecule has 1 atom stereocenters. The van der Waals surface area contributed by atoms with Gasteiger partial charge in [0.2, 0.25) is 0 Å². The summed E-state index contributed by atoms with van der Waals surface area (Å²) < 4.78 is 29.1. The van der Waals surface area contributed by atoms with Crippen LogP contribution in [0.2, 0.25) is 0 Å². The van der Waals surface area contributed by atoms with Crippen molar-refractivity contribution in [2.24, 2.45) is 0 Å². The second kappa shape index (κ2) is 7.85. The van der Waals surface area contributed by atoms with E-state index < -0.39 is 17.6 Å². The van der Waals surface area contributed by atoms with E-state index in [0.29, 0.717) is 18.5 Å². The minimum absolute atomic E-state index is 0.0116. The van der Waals surface area contributed by atoms with E-state index >= 15 is 0 Å². The van der Waals surface area contributed by atoms with Gasteiger partial charge in [0.25, 0.3) is 5.91 Å². The Hall–Kier alpha value is -2.77.